The van der Waals surface area contributed by atoms with Gasteiger partial charge in [0.1, 0.15) is 10.6 Å². The van der Waals surface area contributed by atoms with Crippen molar-refractivity contribution in [3.63, 3.8) is 0 Å². The molecular weight excluding hydrogens is 306 g/mol. The molecule has 124 valence electrons. The van der Waals surface area contributed by atoms with Crippen molar-refractivity contribution >= 4 is 22.3 Å². The molecule has 1 heterocycles. The number of rotatable bonds is 3. The molecule has 1 aromatic carbocycles. The molecule has 0 fully saturated rings. The predicted octanol–water partition coefficient (Wildman–Crippen LogP) is 5.20. The lowest BCUT2D eigenvalue weighted by atomic mass is 9.85. The number of anilines is 1. The van der Waals surface area contributed by atoms with E-state index < -0.39 is 0 Å². The molecule has 0 saturated carbocycles. The number of carbonyl (C=O) groups is 1. The van der Waals surface area contributed by atoms with E-state index in [-0.39, 0.29) is 17.3 Å². The maximum atomic E-state index is 12.2. The van der Waals surface area contributed by atoms with Crippen LogP contribution in [0.1, 0.15) is 61.3 Å². The summed E-state index contributed by atoms with van der Waals surface area (Å²) < 4.78 is 4.94. The van der Waals surface area contributed by atoms with E-state index in [1.165, 1.54) is 24.0 Å². The third-order valence-corrected chi connectivity index (χ3v) is 5.24. The van der Waals surface area contributed by atoms with Crippen molar-refractivity contribution in [1.29, 1.82) is 0 Å². The first-order valence-corrected chi connectivity index (χ1v) is 8.59. The van der Waals surface area contributed by atoms with E-state index in [0.717, 1.165) is 16.0 Å². The van der Waals surface area contributed by atoms with Crippen LogP contribution < -0.4 is 5.73 Å². The molecule has 0 aliphatic carbocycles. The van der Waals surface area contributed by atoms with Crippen molar-refractivity contribution in [2.24, 2.45) is 0 Å². The second-order valence-electron chi connectivity index (χ2n) is 7.05. The minimum absolute atomic E-state index is 0.0955. The molecule has 0 atom stereocenters. The van der Waals surface area contributed by atoms with Crippen LogP contribution in [-0.4, -0.2) is 13.1 Å². The number of nitrogen functional groups attached to an aromatic ring is 1. The zero-order valence-corrected chi connectivity index (χ0v) is 15.5. The Labute approximate surface area is 142 Å². The van der Waals surface area contributed by atoms with Gasteiger partial charge in [-0.05, 0) is 22.5 Å². The highest BCUT2D eigenvalue weighted by Gasteiger charge is 2.25. The van der Waals surface area contributed by atoms with Crippen LogP contribution >= 0.6 is 11.3 Å². The molecule has 0 amide bonds. The average molecular weight is 331 g/mol. The predicted molar refractivity (Wildman–Crippen MR) is 98.3 cm³/mol. The van der Waals surface area contributed by atoms with Gasteiger partial charge in [0.05, 0.1) is 7.11 Å². The van der Waals surface area contributed by atoms with Crippen molar-refractivity contribution in [3.05, 3.63) is 40.3 Å². The molecule has 0 aliphatic rings. The Balaban J connectivity index is 2.63. The Morgan fingerprint density at radius 2 is 1.74 bits per heavy atom. The average Bonchev–Trinajstić information content (AvgIpc) is 2.83. The van der Waals surface area contributed by atoms with Crippen LogP contribution in [0.15, 0.2) is 24.3 Å². The lowest BCUT2D eigenvalue weighted by Gasteiger charge is -2.19. The second-order valence-corrected chi connectivity index (χ2v) is 8.14. The molecule has 2 rings (SSSR count). The SMILES string of the molecule is COC(=O)c1c(N)sc(C(C)C)c1-c1ccc(C(C)(C)C)cc1. The summed E-state index contributed by atoms with van der Waals surface area (Å²) in [6, 6.07) is 8.38. The van der Waals surface area contributed by atoms with Crippen molar-refractivity contribution < 1.29 is 9.53 Å². The molecule has 2 aromatic rings. The lowest BCUT2D eigenvalue weighted by Crippen LogP contribution is -2.10. The van der Waals surface area contributed by atoms with E-state index in [1.54, 1.807) is 0 Å². The van der Waals surface area contributed by atoms with Crippen LogP contribution in [0, 0.1) is 0 Å². The first kappa shape index (κ1) is 17.5. The molecule has 2 N–H and O–H groups in total. The van der Waals surface area contributed by atoms with Gasteiger partial charge in [0.15, 0.2) is 0 Å². The fourth-order valence-electron chi connectivity index (χ4n) is 2.60. The molecule has 4 heteroatoms. The summed E-state index contributed by atoms with van der Waals surface area (Å²) in [6.07, 6.45) is 0. The van der Waals surface area contributed by atoms with Crippen LogP contribution in [0.2, 0.25) is 0 Å². The number of hydrogen-bond donors (Lipinski definition) is 1. The van der Waals surface area contributed by atoms with Crippen LogP contribution in [0.5, 0.6) is 0 Å². The maximum absolute atomic E-state index is 12.2. The molecule has 0 aliphatic heterocycles. The molecule has 0 bridgehead atoms. The van der Waals surface area contributed by atoms with Gasteiger partial charge in [-0.3, -0.25) is 0 Å². The summed E-state index contributed by atoms with van der Waals surface area (Å²) in [5.41, 5.74) is 9.88. The van der Waals surface area contributed by atoms with E-state index in [9.17, 15) is 4.79 Å². The number of methoxy groups -OCH3 is 1. The highest BCUT2D eigenvalue weighted by molar-refractivity contribution is 7.17. The zero-order chi connectivity index (χ0) is 17.4. The summed E-state index contributed by atoms with van der Waals surface area (Å²) in [4.78, 5) is 13.3. The van der Waals surface area contributed by atoms with Crippen LogP contribution in [0.4, 0.5) is 5.00 Å². The monoisotopic (exact) mass is 331 g/mol. The maximum Gasteiger partial charge on any atom is 0.341 e. The first-order chi connectivity index (χ1) is 10.7. The number of ether oxygens (including phenoxy) is 1. The largest absolute Gasteiger partial charge is 0.465 e. The topological polar surface area (TPSA) is 52.3 Å². The van der Waals surface area contributed by atoms with Gasteiger partial charge in [-0.2, -0.15) is 0 Å². The Kier molecular flexibility index (Phi) is 4.85. The summed E-state index contributed by atoms with van der Waals surface area (Å²) >= 11 is 1.47. The number of carbonyl (C=O) groups excluding carboxylic acids is 1. The Morgan fingerprint density at radius 3 is 2.17 bits per heavy atom. The van der Waals surface area contributed by atoms with Crippen molar-refractivity contribution in [1.82, 2.24) is 0 Å². The van der Waals surface area contributed by atoms with Gasteiger partial charge >= 0.3 is 5.97 Å². The molecule has 0 unspecified atom stereocenters. The Bertz CT molecular complexity index is 706. The van der Waals surface area contributed by atoms with Gasteiger partial charge in [0.25, 0.3) is 0 Å². The normalized spacial score (nSPS) is 11.8. The molecule has 3 nitrogen and oxygen atoms in total. The van der Waals surface area contributed by atoms with E-state index in [1.807, 2.05) is 0 Å². The zero-order valence-electron chi connectivity index (χ0n) is 14.7. The highest BCUT2D eigenvalue weighted by atomic mass is 32.1. The van der Waals surface area contributed by atoms with Gasteiger partial charge < -0.3 is 10.5 Å². The van der Waals surface area contributed by atoms with E-state index in [4.69, 9.17) is 10.5 Å². The summed E-state index contributed by atoms with van der Waals surface area (Å²) in [5.74, 6) is -0.0847. The fraction of sp³-hybridized carbons (Fsp3) is 0.421. The minimum Gasteiger partial charge on any atom is -0.465 e. The Morgan fingerprint density at radius 1 is 1.17 bits per heavy atom. The molecule has 0 saturated heterocycles. The Hall–Kier alpha value is -1.81. The van der Waals surface area contributed by atoms with Crippen molar-refractivity contribution in [2.45, 2.75) is 46.0 Å². The van der Waals surface area contributed by atoms with Crippen LogP contribution in [-0.2, 0) is 10.2 Å². The van der Waals surface area contributed by atoms with E-state index >= 15 is 0 Å². The van der Waals surface area contributed by atoms with E-state index in [0.29, 0.717) is 10.6 Å². The molecule has 0 radical (unpaired) electrons. The quantitative estimate of drug-likeness (QED) is 0.786. The standard InChI is InChI=1S/C19H25NO2S/c1-11(2)16-14(15(17(20)23-16)18(21)22-6)12-7-9-13(10-8-12)19(3,4)5/h7-11H,20H2,1-6H3. The molecule has 23 heavy (non-hydrogen) atoms. The van der Waals surface area contributed by atoms with Gasteiger partial charge in [-0.1, -0.05) is 58.9 Å². The first-order valence-electron chi connectivity index (χ1n) is 7.78. The summed E-state index contributed by atoms with van der Waals surface area (Å²) in [7, 11) is 1.39. The van der Waals surface area contributed by atoms with Gasteiger partial charge in [0, 0.05) is 10.4 Å². The second kappa shape index (κ2) is 6.36. The summed E-state index contributed by atoms with van der Waals surface area (Å²) in [6.45, 7) is 10.8. The number of hydrogen-bond acceptors (Lipinski definition) is 4. The highest BCUT2D eigenvalue weighted by Crippen LogP contribution is 2.43. The lowest BCUT2D eigenvalue weighted by molar-refractivity contribution is 0.0603. The van der Waals surface area contributed by atoms with E-state index in [2.05, 4.69) is 58.9 Å². The fourth-order valence-corrected chi connectivity index (χ4v) is 3.68. The number of nitrogens with two attached hydrogens (primary N) is 1. The number of esters is 1. The molecule has 0 spiro atoms. The third-order valence-electron chi connectivity index (χ3n) is 3.92. The summed E-state index contributed by atoms with van der Waals surface area (Å²) in [5, 5.41) is 0.524. The van der Waals surface area contributed by atoms with Crippen molar-refractivity contribution in [2.75, 3.05) is 12.8 Å². The number of thiophene rings is 1. The van der Waals surface area contributed by atoms with Gasteiger partial charge in [0.2, 0.25) is 0 Å². The smallest absolute Gasteiger partial charge is 0.341 e. The van der Waals surface area contributed by atoms with Crippen molar-refractivity contribution in [3.8, 4) is 11.1 Å². The third kappa shape index (κ3) is 3.42. The molecular formula is C19H25NO2S. The minimum atomic E-state index is -0.374. The van der Waals surface area contributed by atoms with Gasteiger partial charge in [-0.25, -0.2) is 4.79 Å². The van der Waals surface area contributed by atoms with Crippen LogP contribution in [0.3, 0.4) is 0 Å². The van der Waals surface area contributed by atoms with Gasteiger partial charge in [-0.15, -0.1) is 11.3 Å². The van der Waals surface area contributed by atoms with Crippen LogP contribution in [0.25, 0.3) is 11.1 Å². The molecule has 1 aromatic heterocycles. The number of benzene rings is 1.